The molecule has 1 spiro atoms. The molecule has 0 fully saturated rings. The minimum Gasteiger partial charge on any atom is -0.457 e. The van der Waals surface area contributed by atoms with Gasteiger partial charge in [-0.05, 0) is 82.6 Å². The number of hydrogen-bond acceptors (Lipinski definition) is 2. The van der Waals surface area contributed by atoms with Gasteiger partial charge in [-0.25, -0.2) is 0 Å². The molecule has 214 valence electrons. The van der Waals surface area contributed by atoms with Gasteiger partial charge in [0.05, 0.1) is 16.8 Å². The molecule has 6 aromatic rings. The van der Waals surface area contributed by atoms with Gasteiger partial charge in [-0.1, -0.05) is 127 Å². The van der Waals surface area contributed by atoms with Crippen LogP contribution in [0.25, 0.3) is 16.7 Å². The fourth-order valence-corrected chi connectivity index (χ4v) is 7.69. The lowest BCUT2D eigenvalue weighted by atomic mass is 9.61. The molecule has 1 aliphatic carbocycles. The first-order chi connectivity index (χ1) is 22.3. The van der Waals surface area contributed by atoms with Crippen molar-refractivity contribution in [1.29, 1.82) is 0 Å². The van der Waals surface area contributed by atoms with Crippen molar-refractivity contribution >= 4 is 16.9 Å². The molecule has 9 rings (SSSR count). The van der Waals surface area contributed by atoms with E-state index < -0.39 is 5.41 Å². The van der Waals surface area contributed by atoms with Crippen molar-refractivity contribution in [3.8, 4) is 22.6 Å². The van der Waals surface area contributed by atoms with Gasteiger partial charge in [0.25, 0.3) is 0 Å². The highest BCUT2D eigenvalue weighted by atomic mass is 16.5. The first-order valence-electron chi connectivity index (χ1n) is 15.7. The van der Waals surface area contributed by atoms with Gasteiger partial charge < -0.3 is 9.64 Å². The number of nitrogens with zero attached hydrogens (tertiary/aromatic N) is 1. The number of anilines is 2. The molecule has 0 saturated carbocycles. The normalized spacial score (nSPS) is 15.5. The highest BCUT2D eigenvalue weighted by Crippen LogP contribution is 2.62. The van der Waals surface area contributed by atoms with Crippen molar-refractivity contribution in [2.75, 3.05) is 4.90 Å². The molecule has 0 bridgehead atoms. The Morgan fingerprint density at radius 1 is 0.444 bits per heavy atom. The standard InChI is InChI=1S/C43H31NO/c1-3-13-30(14-4-1)32-23-26-34(27-24-32)44-39-20-10-7-17-35(39)43(38-29-33(25-28-40(38)44)31-15-5-2-6-16-31)36-18-8-11-21-41(36)45-42-22-12-9-19-37(42)43/h1-23,25-26,28-29H,24,27H2. The minimum absolute atomic E-state index is 0.557. The quantitative estimate of drug-likeness (QED) is 0.207. The first kappa shape index (κ1) is 25.9. The second kappa shape index (κ2) is 10.2. The molecule has 2 heterocycles. The second-order valence-corrected chi connectivity index (χ2v) is 12.0. The van der Waals surface area contributed by atoms with Crippen LogP contribution in [0.3, 0.4) is 0 Å². The first-order valence-corrected chi connectivity index (χ1v) is 15.7. The summed E-state index contributed by atoms with van der Waals surface area (Å²) in [6, 6.07) is 54.7. The summed E-state index contributed by atoms with van der Waals surface area (Å²) in [5.74, 6) is 1.81. The van der Waals surface area contributed by atoms with E-state index in [4.69, 9.17) is 4.74 Å². The zero-order valence-corrected chi connectivity index (χ0v) is 24.9. The summed E-state index contributed by atoms with van der Waals surface area (Å²) in [6.45, 7) is 0. The maximum Gasteiger partial charge on any atom is 0.132 e. The summed E-state index contributed by atoms with van der Waals surface area (Å²) in [4.78, 5) is 2.52. The van der Waals surface area contributed by atoms with E-state index in [1.807, 2.05) is 0 Å². The lowest BCUT2D eigenvalue weighted by molar-refractivity contribution is 0.434. The third-order valence-electron chi connectivity index (χ3n) is 9.66. The van der Waals surface area contributed by atoms with Crippen LogP contribution in [0.5, 0.6) is 11.5 Å². The van der Waals surface area contributed by atoms with Crippen molar-refractivity contribution in [3.63, 3.8) is 0 Å². The summed E-state index contributed by atoms with van der Waals surface area (Å²) < 4.78 is 6.61. The molecule has 0 saturated heterocycles. The van der Waals surface area contributed by atoms with E-state index >= 15 is 0 Å². The van der Waals surface area contributed by atoms with Gasteiger partial charge in [0.15, 0.2) is 0 Å². The topological polar surface area (TPSA) is 12.5 Å². The lowest BCUT2D eigenvalue weighted by Crippen LogP contribution is -2.40. The van der Waals surface area contributed by atoms with Crippen LogP contribution < -0.4 is 9.64 Å². The summed E-state index contributed by atoms with van der Waals surface area (Å²) in [7, 11) is 0. The molecule has 2 aliphatic heterocycles. The number of para-hydroxylation sites is 3. The Morgan fingerprint density at radius 3 is 1.69 bits per heavy atom. The SMILES string of the molecule is C1=C(c2ccccc2)CCC(N2c3ccccc3C3(c4ccccc4Oc4ccccc43)c3cc(-c4ccccc4)ccc32)=C1. The van der Waals surface area contributed by atoms with Crippen molar-refractivity contribution in [1.82, 2.24) is 0 Å². The number of ether oxygens (including phenoxy) is 1. The average molecular weight is 578 g/mol. The molecule has 2 nitrogen and oxygen atoms in total. The zero-order chi connectivity index (χ0) is 29.8. The van der Waals surface area contributed by atoms with Gasteiger partial charge in [0, 0.05) is 16.8 Å². The molecular formula is C43H31NO. The molecule has 0 N–H and O–H groups in total. The Bertz CT molecular complexity index is 2100. The van der Waals surface area contributed by atoms with Crippen molar-refractivity contribution in [3.05, 3.63) is 197 Å². The molecule has 0 atom stereocenters. The fourth-order valence-electron chi connectivity index (χ4n) is 7.69. The number of hydrogen-bond donors (Lipinski definition) is 0. The smallest absolute Gasteiger partial charge is 0.132 e. The van der Waals surface area contributed by atoms with Gasteiger partial charge in [0.2, 0.25) is 0 Å². The monoisotopic (exact) mass is 577 g/mol. The Balaban J connectivity index is 1.35. The van der Waals surface area contributed by atoms with Crippen LogP contribution >= 0.6 is 0 Å². The molecule has 6 aromatic carbocycles. The molecule has 0 radical (unpaired) electrons. The molecule has 0 amide bonds. The zero-order valence-electron chi connectivity index (χ0n) is 24.9. The highest BCUT2D eigenvalue weighted by Gasteiger charge is 2.51. The maximum absolute atomic E-state index is 6.61. The highest BCUT2D eigenvalue weighted by molar-refractivity contribution is 5.90. The van der Waals surface area contributed by atoms with E-state index in [1.165, 1.54) is 61.6 Å². The van der Waals surface area contributed by atoms with Gasteiger partial charge in [-0.2, -0.15) is 0 Å². The van der Waals surface area contributed by atoms with Crippen molar-refractivity contribution < 1.29 is 4.74 Å². The van der Waals surface area contributed by atoms with Crippen LogP contribution in [0.1, 0.15) is 40.7 Å². The number of rotatable bonds is 3. The predicted octanol–water partition coefficient (Wildman–Crippen LogP) is 11.1. The minimum atomic E-state index is -0.557. The van der Waals surface area contributed by atoms with Crippen molar-refractivity contribution in [2.45, 2.75) is 18.3 Å². The Labute approximate surface area is 264 Å². The van der Waals surface area contributed by atoms with Crippen LogP contribution in [-0.4, -0.2) is 0 Å². The third kappa shape index (κ3) is 3.89. The second-order valence-electron chi connectivity index (χ2n) is 12.0. The van der Waals surface area contributed by atoms with Crippen LogP contribution in [0, 0.1) is 0 Å². The molecule has 45 heavy (non-hydrogen) atoms. The van der Waals surface area contributed by atoms with Gasteiger partial charge in [-0.3, -0.25) is 0 Å². The van der Waals surface area contributed by atoms with Crippen LogP contribution in [0.2, 0.25) is 0 Å². The van der Waals surface area contributed by atoms with E-state index in [2.05, 4.69) is 169 Å². The van der Waals surface area contributed by atoms with Crippen LogP contribution in [0.15, 0.2) is 170 Å². The Hall–Kier alpha value is -5.60. The van der Waals surface area contributed by atoms with Gasteiger partial charge in [-0.15, -0.1) is 0 Å². The Kier molecular flexibility index (Phi) is 5.89. The molecule has 0 aromatic heterocycles. The summed E-state index contributed by atoms with van der Waals surface area (Å²) >= 11 is 0. The summed E-state index contributed by atoms with van der Waals surface area (Å²) in [5, 5.41) is 0. The van der Waals surface area contributed by atoms with E-state index in [0.717, 1.165) is 24.3 Å². The summed E-state index contributed by atoms with van der Waals surface area (Å²) in [5.41, 5.74) is 13.2. The number of allylic oxidation sites excluding steroid dienone is 4. The fraction of sp³-hybridized carbons (Fsp3) is 0.0698. The molecular weight excluding hydrogens is 546 g/mol. The Morgan fingerprint density at radius 2 is 1.02 bits per heavy atom. The average Bonchev–Trinajstić information content (AvgIpc) is 3.12. The third-order valence-corrected chi connectivity index (χ3v) is 9.66. The molecule has 3 aliphatic rings. The molecule has 0 unspecified atom stereocenters. The van der Waals surface area contributed by atoms with E-state index in [9.17, 15) is 0 Å². The molecule has 2 heteroatoms. The van der Waals surface area contributed by atoms with Gasteiger partial charge in [0.1, 0.15) is 11.5 Å². The lowest BCUT2D eigenvalue weighted by Gasteiger charge is -2.49. The van der Waals surface area contributed by atoms with E-state index in [-0.39, 0.29) is 0 Å². The van der Waals surface area contributed by atoms with E-state index in [0.29, 0.717) is 0 Å². The van der Waals surface area contributed by atoms with Crippen molar-refractivity contribution in [2.24, 2.45) is 0 Å². The van der Waals surface area contributed by atoms with E-state index in [1.54, 1.807) is 0 Å². The largest absolute Gasteiger partial charge is 0.457 e. The van der Waals surface area contributed by atoms with Crippen LogP contribution in [0.4, 0.5) is 11.4 Å². The summed E-state index contributed by atoms with van der Waals surface area (Å²) in [6.07, 6.45) is 6.61. The van der Waals surface area contributed by atoms with Gasteiger partial charge >= 0.3 is 0 Å². The number of benzene rings is 6. The predicted molar refractivity (Wildman–Crippen MR) is 184 cm³/mol. The maximum atomic E-state index is 6.61. The number of fused-ring (bicyclic) bond motifs is 8. The van der Waals surface area contributed by atoms with Crippen LogP contribution in [-0.2, 0) is 5.41 Å².